The number of carbonyl (C=O) groups is 2. The molecule has 2 amide bonds. The molecular formula is C10H12N4O2. The van der Waals surface area contributed by atoms with E-state index in [4.69, 9.17) is 0 Å². The van der Waals surface area contributed by atoms with Gasteiger partial charge in [-0.1, -0.05) is 0 Å². The van der Waals surface area contributed by atoms with Crippen LogP contribution in [0.1, 0.15) is 13.3 Å². The molecule has 2 rings (SSSR count). The maximum absolute atomic E-state index is 11.9. The smallest absolute Gasteiger partial charge is 0.234 e. The monoisotopic (exact) mass is 220 g/mol. The van der Waals surface area contributed by atoms with Crippen LogP contribution in [0, 0.1) is 5.41 Å². The summed E-state index contributed by atoms with van der Waals surface area (Å²) in [5.74, 6) is -0.0863. The van der Waals surface area contributed by atoms with Gasteiger partial charge in [0.1, 0.15) is 0 Å². The SMILES string of the molecule is CC1(C(=O)Nc2ncccn2)CNC(=O)C1. The van der Waals surface area contributed by atoms with Gasteiger partial charge in [0.2, 0.25) is 17.8 Å². The van der Waals surface area contributed by atoms with Gasteiger partial charge >= 0.3 is 0 Å². The average Bonchev–Trinajstić information content (AvgIpc) is 2.61. The summed E-state index contributed by atoms with van der Waals surface area (Å²) in [5, 5.41) is 5.23. The zero-order valence-corrected chi connectivity index (χ0v) is 8.86. The average molecular weight is 220 g/mol. The van der Waals surface area contributed by atoms with Crippen molar-refractivity contribution in [3.8, 4) is 0 Å². The number of carbonyl (C=O) groups excluding carboxylic acids is 2. The number of amides is 2. The van der Waals surface area contributed by atoms with E-state index in [-0.39, 0.29) is 24.2 Å². The topological polar surface area (TPSA) is 84.0 Å². The molecule has 1 aliphatic heterocycles. The third-order valence-electron chi connectivity index (χ3n) is 2.57. The van der Waals surface area contributed by atoms with E-state index in [0.717, 1.165) is 0 Å². The lowest BCUT2D eigenvalue weighted by Gasteiger charge is -2.19. The largest absolute Gasteiger partial charge is 0.355 e. The van der Waals surface area contributed by atoms with Gasteiger partial charge in [-0.3, -0.25) is 14.9 Å². The fourth-order valence-electron chi connectivity index (χ4n) is 1.55. The summed E-state index contributed by atoms with van der Waals surface area (Å²) in [4.78, 5) is 30.8. The third-order valence-corrected chi connectivity index (χ3v) is 2.57. The highest BCUT2D eigenvalue weighted by molar-refractivity contribution is 5.98. The summed E-state index contributed by atoms with van der Waals surface area (Å²) in [6, 6.07) is 1.66. The van der Waals surface area contributed by atoms with Crippen LogP contribution in [0.4, 0.5) is 5.95 Å². The Balaban J connectivity index is 2.06. The summed E-state index contributed by atoms with van der Waals surface area (Å²) >= 11 is 0. The lowest BCUT2D eigenvalue weighted by atomic mass is 9.89. The zero-order valence-electron chi connectivity index (χ0n) is 8.86. The van der Waals surface area contributed by atoms with Crippen LogP contribution in [-0.4, -0.2) is 28.3 Å². The lowest BCUT2D eigenvalue weighted by molar-refractivity contribution is -0.126. The Morgan fingerprint density at radius 2 is 2.19 bits per heavy atom. The van der Waals surface area contributed by atoms with Crippen LogP contribution in [0.5, 0.6) is 0 Å². The first kappa shape index (κ1) is 10.5. The van der Waals surface area contributed by atoms with E-state index in [2.05, 4.69) is 20.6 Å². The van der Waals surface area contributed by atoms with Crippen molar-refractivity contribution in [2.45, 2.75) is 13.3 Å². The minimum Gasteiger partial charge on any atom is -0.355 e. The van der Waals surface area contributed by atoms with Crippen LogP contribution in [0.25, 0.3) is 0 Å². The molecule has 0 spiro atoms. The van der Waals surface area contributed by atoms with Crippen molar-refractivity contribution in [1.29, 1.82) is 0 Å². The lowest BCUT2D eigenvalue weighted by Crippen LogP contribution is -2.35. The minimum absolute atomic E-state index is 0.105. The second kappa shape index (κ2) is 3.88. The molecule has 1 aliphatic rings. The number of nitrogens with zero attached hydrogens (tertiary/aromatic N) is 2. The molecule has 0 saturated carbocycles. The van der Waals surface area contributed by atoms with E-state index in [9.17, 15) is 9.59 Å². The van der Waals surface area contributed by atoms with Gasteiger partial charge in [0.05, 0.1) is 5.41 Å². The fourth-order valence-corrected chi connectivity index (χ4v) is 1.55. The summed E-state index contributed by atoms with van der Waals surface area (Å²) in [7, 11) is 0. The van der Waals surface area contributed by atoms with Crippen molar-refractivity contribution in [2.24, 2.45) is 5.41 Å². The Bertz CT molecular complexity index is 420. The second-order valence-electron chi connectivity index (χ2n) is 4.04. The third kappa shape index (κ3) is 2.00. The van der Waals surface area contributed by atoms with Crippen molar-refractivity contribution in [3.63, 3.8) is 0 Å². The summed E-state index contributed by atoms with van der Waals surface area (Å²) in [6.45, 7) is 2.09. The van der Waals surface area contributed by atoms with Crippen LogP contribution < -0.4 is 10.6 Å². The van der Waals surface area contributed by atoms with Crippen LogP contribution in [0.2, 0.25) is 0 Å². The first-order valence-electron chi connectivity index (χ1n) is 4.95. The fraction of sp³-hybridized carbons (Fsp3) is 0.400. The van der Waals surface area contributed by atoms with E-state index >= 15 is 0 Å². The molecule has 1 fully saturated rings. The van der Waals surface area contributed by atoms with Crippen LogP contribution in [-0.2, 0) is 9.59 Å². The summed E-state index contributed by atoms with van der Waals surface area (Å²) in [6.07, 6.45) is 3.29. The van der Waals surface area contributed by atoms with Gasteiger partial charge in [0.25, 0.3) is 0 Å². The van der Waals surface area contributed by atoms with Gasteiger partial charge in [-0.15, -0.1) is 0 Å². The molecule has 0 bridgehead atoms. The Hall–Kier alpha value is -1.98. The highest BCUT2D eigenvalue weighted by atomic mass is 16.2. The quantitative estimate of drug-likeness (QED) is 0.731. The standard InChI is InChI=1S/C10H12N4O2/c1-10(5-7(15)13-6-10)8(16)14-9-11-3-2-4-12-9/h2-4H,5-6H2,1H3,(H,13,15)(H,11,12,14,16). The van der Waals surface area contributed by atoms with Gasteiger partial charge < -0.3 is 5.32 Å². The van der Waals surface area contributed by atoms with Gasteiger partial charge in [-0.25, -0.2) is 9.97 Å². The Morgan fingerprint density at radius 3 is 2.75 bits per heavy atom. The van der Waals surface area contributed by atoms with E-state index in [1.807, 2.05) is 0 Å². The molecule has 1 aromatic heterocycles. The maximum Gasteiger partial charge on any atom is 0.234 e. The number of hydrogen-bond acceptors (Lipinski definition) is 4. The summed E-state index contributed by atoms with van der Waals surface area (Å²) in [5.41, 5.74) is -0.712. The molecule has 16 heavy (non-hydrogen) atoms. The minimum atomic E-state index is -0.712. The van der Waals surface area contributed by atoms with Crippen molar-refractivity contribution < 1.29 is 9.59 Å². The van der Waals surface area contributed by atoms with E-state index in [1.54, 1.807) is 25.4 Å². The molecule has 0 aromatic carbocycles. The Kier molecular flexibility index (Phi) is 2.55. The maximum atomic E-state index is 11.9. The summed E-state index contributed by atoms with van der Waals surface area (Å²) < 4.78 is 0. The van der Waals surface area contributed by atoms with E-state index in [1.165, 1.54) is 0 Å². The Morgan fingerprint density at radius 1 is 1.50 bits per heavy atom. The first-order valence-corrected chi connectivity index (χ1v) is 4.95. The molecule has 1 saturated heterocycles. The number of hydrogen-bond donors (Lipinski definition) is 2. The molecule has 1 atom stereocenters. The molecule has 1 unspecified atom stereocenters. The van der Waals surface area contributed by atoms with E-state index < -0.39 is 5.41 Å². The number of rotatable bonds is 2. The van der Waals surface area contributed by atoms with E-state index in [0.29, 0.717) is 6.54 Å². The van der Waals surface area contributed by atoms with Gasteiger partial charge in [-0.2, -0.15) is 0 Å². The van der Waals surface area contributed by atoms with Crippen LogP contribution in [0.3, 0.4) is 0 Å². The van der Waals surface area contributed by atoms with Crippen LogP contribution >= 0.6 is 0 Å². The molecule has 0 aliphatic carbocycles. The number of aromatic nitrogens is 2. The van der Waals surface area contributed by atoms with Crippen molar-refractivity contribution in [3.05, 3.63) is 18.5 Å². The van der Waals surface area contributed by atoms with Gasteiger partial charge in [0.15, 0.2) is 0 Å². The molecule has 6 heteroatoms. The molecule has 6 nitrogen and oxygen atoms in total. The van der Waals surface area contributed by atoms with Gasteiger partial charge in [0, 0.05) is 25.4 Å². The first-order chi connectivity index (χ1) is 7.60. The molecule has 0 radical (unpaired) electrons. The second-order valence-corrected chi connectivity index (χ2v) is 4.04. The molecule has 2 N–H and O–H groups in total. The van der Waals surface area contributed by atoms with Crippen molar-refractivity contribution >= 4 is 17.8 Å². The normalized spacial score (nSPS) is 23.9. The molecule has 1 aromatic rings. The van der Waals surface area contributed by atoms with Crippen molar-refractivity contribution in [2.75, 3.05) is 11.9 Å². The molecule has 2 heterocycles. The highest BCUT2D eigenvalue weighted by Gasteiger charge is 2.40. The van der Waals surface area contributed by atoms with Crippen molar-refractivity contribution in [1.82, 2.24) is 15.3 Å². The predicted molar refractivity (Wildman–Crippen MR) is 56.4 cm³/mol. The van der Waals surface area contributed by atoms with Crippen LogP contribution in [0.15, 0.2) is 18.5 Å². The number of anilines is 1. The predicted octanol–water partition coefficient (Wildman–Crippen LogP) is -0.0587. The molecule has 84 valence electrons. The number of nitrogens with one attached hydrogen (secondary N) is 2. The zero-order chi connectivity index (χ0) is 11.6. The molecular weight excluding hydrogens is 208 g/mol. The van der Waals surface area contributed by atoms with Gasteiger partial charge in [-0.05, 0) is 13.0 Å². The highest BCUT2D eigenvalue weighted by Crippen LogP contribution is 2.26. The Labute approximate surface area is 92.5 Å².